The van der Waals surface area contributed by atoms with Crippen molar-refractivity contribution in [3.63, 3.8) is 0 Å². The second kappa shape index (κ2) is 25.1. The summed E-state index contributed by atoms with van der Waals surface area (Å²) >= 11 is 0. The Hall–Kier alpha value is -1.30. The van der Waals surface area contributed by atoms with Gasteiger partial charge in [0.05, 0.1) is 13.2 Å². The summed E-state index contributed by atoms with van der Waals surface area (Å²) in [5.41, 5.74) is 0. The van der Waals surface area contributed by atoms with Gasteiger partial charge in [-0.05, 0) is 12.8 Å². The van der Waals surface area contributed by atoms with Crippen molar-refractivity contribution < 1.29 is 49.0 Å². The zero-order valence-electron chi connectivity index (χ0n) is 26.3. The van der Waals surface area contributed by atoms with Crippen LogP contribution in [-0.2, 0) is 28.5 Å². The molecule has 10 nitrogen and oxygen atoms in total. The van der Waals surface area contributed by atoms with E-state index >= 15 is 0 Å². The van der Waals surface area contributed by atoms with E-state index in [0.29, 0.717) is 12.8 Å². The Morgan fingerprint density at radius 1 is 0.643 bits per heavy atom. The van der Waals surface area contributed by atoms with Gasteiger partial charge in [-0.1, -0.05) is 110 Å². The molecule has 0 amide bonds. The number of ether oxygens (including phenoxy) is 4. The highest BCUT2D eigenvalue weighted by atomic mass is 16.7. The quantitative estimate of drug-likeness (QED) is 0.0807. The van der Waals surface area contributed by atoms with E-state index < -0.39 is 55.4 Å². The van der Waals surface area contributed by atoms with Crippen molar-refractivity contribution in [2.75, 3.05) is 19.8 Å². The number of aliphatic hydroxyl groups excluding tert-OH is 4. The molecule has 42 heavy (non-hydrogen) atoms. The first-order chi connectivity index (χ1) is 20.3. The van der Waals surface area contributed by atoms with Gasteiger partial charge in [-0.3, -0.25) is 9.59 Å². The lowest BCUT2D eigenvalue weighted by atomic mass is 9.99. The van der Waals surface area contributed by atoms with Crippen LogP contribution in [0.25, 0.3) is 0 Å². The summed E-state index contributed by atoms with van der Waals surface area (Å²) in [6.45, 7) is 3.14. The normalized spacial score (nSPS) is 23.0. The molecule has 1 rings (SSSR count). The Balaban J connectivity index is 2.30. The van der Waals surface area contributed by atoms with Crippen LogP contribution in [0.4, 0.5) is 0 Å². The highest BCUT2D eigenvalue weighted by molar-refractivity contribution is 5.70. The standard InChI is InChI=1S/C32H60O10/c1-3-5-7-8-9-10-11-12-13-14-15-16-17-18-19-21-28(35)41-25(23-39-27(34)20-6-4-2)24-40-32-31(38)30(37)29(36)26(22-33)42-32/h25-26,29-33,36-38H,3-24H2,1-2H3. The van der Waals surface area contributed by atoms with Crippen LogP contribution in [0.2, 0.25) is 0 Å². The molecular weight excluding hydrogens is 544 g/mol. The van der Waals surface area contributed by atoms with E-state index in [9.17, 15) is 30.0 Å². The van der Waals surface area contributed by atoms with Gasteiger partial charge in [-0.25, -0.2) is 0 Å². The lowest BCUT2D eigenvalue weighted by Gasteiger charge is -2.39. The second-order valence-electron chi connectivity index (χ2n) is 11.6. The van der Waals surface area contributed by atoms with E-state index in [1.54, 1.807) is 0 Å². The van der Waals surface area contributed by atoms with E-state index in [2.05, 4.69) is 6.92 Å². The van der Waals surface area contributed by atoms with Crippen LogP contribution in [0.15, 0.2) is 0 Å². The zero-order valence-corrected chi connectivity index (χ0v) is 26.3. The van der Waals surface area contributed by atoms with Crippen LogP contribution in [0.5, 0.6) is 0 Å². The predicted octanol–water partition coefficient (Wildman–Crippen LogP) is 4.71. The third-order valence-corrected chi connectivity index (χ3v) is 7.74. The van der Waals surface area contributed by atoms with Gasteiger partial charge < -0.3 is 39.4 Å². The summed E-state index contributed by atoms with van der Waals surface area (Å²) in [5, 5.41) is 39.5. The van der Waals surface area contributed by atoms with Gasteiger partial charge in [0.25, 0.3) is 0 Å². The number of hydrogen-bond donors (Lipinski definition) is 4. The molecule has 1 aliphatic heterocycles. The molecule has 0 spiro atoms. The Bertz CT molecular complexity index is 674. The average Bonchev–Trinajstić information content (AvgIpc) is 2.98. The minimum Gasteiger partial charge on any atom is -0.462 e. The van der Waals surface area contributed by atoms with Gasteiger partial charge in [0.15, 0.2) is 12.4 Å². The van der Waals surface area contributed by atoms with Gasteiger partial charge in [0.1, 0.15) is 31.0 Å². The smallest absolute Gasteiger partial charge is 0.306 e. The fourth-order valence-corrected chi connectivity index (χ4v) is 4.99. The van der Waals surface area contributed by atoms with Gasteiger partial charge in [0, 0.05) is 12.8 Å². The third kappa shape index (κ3) is 17.7. The van der Waals surface area contributed by atoms with Crippen LogP contribution < -0.4 is 0 Å². The molecule has 10 heteroatoms. The molecule has 4 N–H and O–H groups in total. The molecule has 0 aromatic rings. The number of esters is 2. The zero-order chi connectivity index (χ0) is 31.0. The third-order valence-electron chi connectivity index (χ3n) is 7.74. The van der Waals surface area contributed by atoms with Crippen molar-refractivity contribution in [2.24, 2.45) is 0 Å². The molecule has 0 aromatic carbocycles. The predicted molar refractivity (Wildman–Crippen MR) is 160 cm³/mol. The Morgan fingerprint density at radius 3 is 1.67 bits per heavy atom. The van der Waals surface area contributed by atoms with Crippen molar-refractivity contribution >= 4 is 11.9 Å². The minimum atomic E-state index is -1.58. The molecule has 1 heterocycles. The highest BCUT2D eigenvalue weighted by Crippen LogP contribution is 2.22. The van der Waals surface area contributed by atoms with Crippen LogP contribution in [0, 0.1) is 0 Å². The number of carbonyl (C=O) groups is 2. The van der Waals surface area contributed by atoms with Gasteiger partial charge in [0.2, 0.25) is 0 Å². The van der Waals surface area contributed by atoms with Crippen LogP contribution in [0.3, 0.4) is 0 Å². The lowest BCUT2D eigenvalue weighted by molar-refractivity contribution is -0.305. The van der Waals surface area contributed by atoms with Gasteiger partial charge in [-0.15, -0.1) is 0 Å². The molecular formula is C32H60O10. The molecule has 0 radical (unpaired) electrons. The summed E-state index contributed by atoms with van der Waals surface area (Å²) in [4.78, 5) is 24.5. The summed E-state index contributed by atoms with van der Waals surface area (Å²) in [6, 6.07) is 0. The molecule has 248 valence electrons. The van der Waals surface area contributed by atoms with Crippen molar-refractivity contribution in [2.45, 2.75) is 173 Å². The molecule has 0 aromatic heterocycles. The first-order valence-electron chi connectivity index (χ1n) is 16.6. The first-order valence-corrected chi connectivity index (χ1v) is 16.6. The van der Waals surface area contributed by atoms with E-state index in [1.165, 1.54) is 70.6 Å². The van der Waals surface area contributed by atoms with E-state index in [-0.39, 0.29) is 26.1 Å². The van der Waals surface area contributed by atoms with Gasteiger partial charge >= 0.3 is 11.9 Å². The second-order valence-corrected chi connectivity index (χ2v) is 11.6. The Morgan fingerprint density at radius 2 is 1.14 bits per heavy atom. The van der Waals surface area contributed by atoms with E-state index in [1.807, 2.05) is 6.92 Å². The molecule has 0 aliphatic carbocycles. The molecule has 1 fully saturated rings. The first kappa shape index (κ1) is 38.7. The molecule has 6 atom stereocenters. The number of rotatable bonds is 26. The van der Waals surface area contributed by atoms with E-state index in [4.69, 9.17) is 18.9 Å². The van der Waals surface area contributed by atoms with Crippen molar-refractivity contribution in [1.29, 1.82) is 0 Å². The molecule has 0 saturated carbocycles. The topological polar surface area (TPSA) is 152 Å². The highest BCUT2D eigenvalue weighted by Gasteiger charge is 2.44. The fourth-order valence-electron chi connectivity index (χ4n) is 4.99. The van der Waals surface area contributed by atoms with Crippen LogP contribution in [-0.4, -0.2) is 89.0 Å². The van der Waals surface area contributed by atoms with Crippen molar-refractivity contribution in [3.8, 4) is 0 Å². The number of unbranched alkanes of at least 4 members (excludes halogenated alkanes) is 15. The summed E-state index contributed by atoms with van der Waals surface area (Å²) in [5.74, 6) is -0.843. The van der Waals surface area contributed by atoms with Crippen molar-refractivity contribution in [1.82, 2.24) is 0 Å². The van der Waals surface area contributed by atoms with Gasteiger partial charge in [-0.2, -0.15) is 0 Å². The monoisotopic (exact) mass is 604 g/mol. The maximum atomic E-state index is 12.5. The van der Waals surface area contributed by atoms with E-state index in [0.717, 1.165) is 25.7 Å². The summed E-state index contributed by atoms with van der Waals surface area (Å²) < 4.78 is 21.6. The fraction of sp³-hybridized carbons (Fsp3) is 0.938. The molecule has 1 aliphatic rings. The number of hydrogen-bond acceptors (Lipinski definition) is 10. The maximum Gasteiger partial charge on any atom is 0.306 e. The summed E-state index contributed by atoms with van der Waals surface area (Å²) in [7, 11) is 0. The Kier molecular flexibility index (Phi) is 23.1. The van der Waals surface area contributed by atoms with Crippen LogP contribution in [0.1, 0.15) is 136 Å². The number of carbonyl (C=O) groups excluding carboxylic acids is 2. The lowest BCUT2D eigenvalue weighted by Crippen LogP contribution is -2.59. The largest absolute Gasteiger partial charge is 0.462 e. The Labute approximate surface area is 253 Å². The summed E-state index contributed by atoms with van der Waals surface area (Å²) in [6.07, 6.45) is 12.4. The number of aliphatic hydroxyl groups is 4. The average molecular weight is 605 g/mol. The molecule has 6 unspecified atom stereocenters. The van der Waals surface area contributed by atoms with Crippen LogP contribution >= 0.6 is 0 Å². The maximum absolute atomic E-state index is 12.5. The molecule has 0 bridgehead atoms. The SMILES string of the molecule is CCCCCCCCCCCCCCCCCC(=O)OC(COC(=O)CCCC)COC1OC(CO)C(O)C(O)C1O. The van der Waals surface area contributed by atoms with Crippen molar-refractivity contribution in [3.05, 3.63) is 0 Å². The molecule has 1 saturated heterocycles. The minimum absolute atomic E-state index is 0.218.